The van der Waals surface area contributed by atoms with Crippen molar-refractivity contribution in [3.05, 3.63) is 29.3 Å². The van der Waals surface area contributed by atoms with E-state index in [4.69, 9.17) is 4.74 Å². The van der Waals surface area contributed by atoms with E-state index in [1.54, 1.807) is 12.1 Å². The Hall–Kier alpha value is -1.60. The zero-order valence-corrected chi connectivity index (χ0v) is 16.6. The lowest BCUT2D eigenvalue weighted by Crippen LogP contribution is -2.49. The fourth-order valence-corrected chi connectivity index (χ4v) is 3.77. The van der Waals surface area contributed by atoms with E-state index in [9.17, 15) is 13.2 Å². The minimum absolute atomic E-state index is 0.289. The molecule has 1 rings (SSSR count). The highest BCUT2D eigenvalue weighted by atomic mass is 32.2. The monoisotopic (exact) mass is 370 g/mol. The maximum atomic E-state index is 12.6. The van der Waals surface area contributed by atoms with Gasteiger partial charge in [0.15, 0.2) is 0 Å². The molecule has 25 heavy (non-hydrogen) atoms. The predicted molar refractivity (Wildman–Crippen MR) is 101 cm³/mol. The van der Waals surface area contributed by atoms with Crippen LogP contribution in [0.25, 0.3) is 0 Å². The molecule has 0 radical (unpaired) electrons. The second-order valence-electron chi connectivity index (χ2n) is 6.09. The molecule has 0 spiro atoms. The van der Waals surface area contributed by atoms with Crippen LogP contribution in [0.3, 0.4) is 0 Å². The molecule has 0 aromatic heterocycles. The number of nitrogens with zero attached hydrogens (tertiary/aromatic N) is 1. The topological polar surface area (TPSA) is 75.7 Å². The van der Waals surface area contributed by atoms with Gasteiger partial charge in [0, 0.05) is 19.8 Å². The van der Waals surface area contributed by atoms with E-state index >= 15 is 0 Å². The molecule has 6 nitrogen and oxygen atoms in total. The van der Waals surface area contributed by atoms with Crippen LogP contribution < -0.4 is 9.62 Å². The van der Waals surface area contributed by atoms with Gasteiger partial charge < -0.3 is 10.1 Å². The lowest BCUT2D eigenvalue weighted by molar-refractivity contribution is -0.122. The van der Waals surface area contributed by atoms with E-state index in [1.165, 1.54) is 4.31 Å². The molecule has 1 aromatic carbocycles. The van der Waals surface area contributed by atoms with E-state index < -0.39 is 16.1 Å². The number of rotatable bonds is 10. The van der Waals surface area contributed by atoms with Gasteiger partial charge in [0.2, 0.25) is 15.9 Å². The summed E-state index contributed by atoms with van der Waals surface area (Å²) >= 11 is 0. The van der Waals surface area contributed by atoms with E-state index in [0.717, 1.165) is 17.4 Å². The number of nitrogens with one attached hydrogen (secondary N) is 1. The SMILES string of the molecule is CCOCCCNC(=O)C(CC)N(c1ccc(C)c(C)c1)S(C)(=O)=O. The Morgan fingerprint density at radius 2 is 1.92 bits per heavy atom. The predicted octanol–water partition coefficient (Wildman–Crippen LogP) is 2.39. The molecule has 1 aromatic rings. The number of sulfonamides is 1. The van der Waals surface area contributed by atoms with Crippen molar-refractivity contribution < 1.29 is 17.9 Å². The number of hydrogen-bond acceptors (Lipinski definition) is 4. The zero-order chi connectivity index (χ0) is 19.0. The van der Waals surface area contributed by atoms with Gasteiger partial charge in [-0.15, -0.1) is 0 Å². The first-order valence-electron chi connectivity index (χ1n) is 8.64. The number of benzene rings is 1. The van der Waals surface area contributed by atoms with Crippen LogP contribution >= 0.6 is 0 Å². The first-order chi connectivity index (χ1) is 11.7. The minimum Gasteiger partial charge on any atom is -0.382 e. The van der Waals surface area contributed by atoms with Crippen molar-refractivity contribution in [3.63, 3.8) is 0 Å². The fraction of sp³-hybridized carbons (Fsp3) is 0.611. The van der Waals surface area contributed by atoms with Crippen molar-refractivity contribution in [2.75, 3.05) is 30.3 Å². The average molecular weight is 371 g/mol. The van der Waals surface area contributed by atoms with Crippen LogP contribution in [0.2, 0.25) is 0 Å². The first kappa shape index (κ1) is 21.4. The number of carbonyl (C=O) groups excluding carboxylic acids is 1. The molecule has 1 amide bonds. The van der Waals surface area contributed by atoms with Crippen LogP contribution in [0, 0.1) is 13.8 Å². The molecule has 0 aliphatic rings. The summed E-state index contributed by atoms with van der Waals surface area (Å²) in [7, 11) is -3.60. The van der Waals surface area contributed by atoms with Crippen LogP contribution in [0.1, 0.15) is 37.8 Å². The van der Waals surface area contributed by atoms with Gasteiger partial charge in [0.1, 0.15) is 6.04 Å². The summed E-state index contributed by atoms with van der Waals surface area (Å²) in [5, 5.41) is 2.82. The van der Waals surface area contributed by atoms with Crippen LogP contribution in [-0.4, -0.2) is 46.4 Å². The third kappa shape index (κ3) is 6.32. The van der Waals surface area contributed by atoms with Gasteiger partial charge in [0.25, 0.3) is 0 Å². The molecule has 0 aliphatic carbocycles. The average Bonchev–Trinajstić information content (AvgIpc) is 2.53. The zero-order valence-electron chi connectivity index (χ0n) is 15.8. The Kier molecular flexibility index (Phi) is 8.38. The summed E-state index contributed by atoms with van der Waals surface area (Å²) in [6.45, 7) is 9.28. The van der Waals surface area contributed by atoms with Crippen molar-refractivity contribution in [3.8, 4) is 0 Å². The van der Waals surface area contributed by atoms with Crippen LogP contribution in [0.4, 0.5) is 5.69 Å². The van der Waals surface area contributed by atoms with Crippen molar-refractivity contribution in [2.24, 2.45) is 0 Å². The van der Waals surface area contributed by atoms with E-state index in [2.05, 4.69) is 5.32 Å². The second kappa shape index (κ2) is 9.77. The summed E-state index contributed by atoms with van der Waals surface area (Å²) in [5.74, 6) is -0.289. The molecule has 0 bridgehead atoms. The summed E-state index contributed by atoms with van der Waals surface area (Å²) in [6, 6.07) is 4.65. The lowest BCUT2D eigenvalue weighted by atomic mass is 10.1. The summed E-state index contributed by atoms with van der Waals surface area (Å²) < 4.78 is 31.2. The summed E-state index contributed by atoms with van der Waals surface area (Å²) in [4.78, 5) is 12.6. The molecule has 1 atom stereocenters. The highest BCUT2D eigenvalue weighted by molar-refractivity contribution is 7.92. The highest BCUT2D eigenvalue weighted by Gasteiger charge is 2.31. The Bertz CT molecular complexity index is 674. The van der Waals surface area contributed by atoms with Crippen LogP contribution in [-0.2, 0) is 19.6 Å². The Morgan fingerprint density at radius 1 is 1.24 bits per heavy atom. The van der Waals surface area contributed by atoms with E-state index in [1.807, 2.05) is 33.8 Å². The molecule has 0 aliphatic heterocycles. The number of amides is 1. The molecule has 0 fully saturated rings. The number of anilines is 1. The maximum Gasteiger partial charge on any atom is 0.243 e. The molecule has 142 valence electrons. The van der Waals surface area contributed by atoms with Crippen molar-refractivity contribution >= 4 is 21.6 Å². The number of ether oxygens (including phenoxy) is 1. The van der Waals surface area contributed by atoms with Gasteiger partial charge in [-0.05, 0) is 56.9 Å². The van der Waals surface area contributed by atoms with Crippen LogP contribution in [0.15, 0.2) is 18.2 Å². The Morgan fingerprint density at radius 3 is 2.44 bits per heavy atom. The Balaban J connectivity index is 2.99. The van der Waals surface area contributed by atoms with Gasteiger partial charge in [-0.1, -0.05) is 13.0 Å². The quantitative estimate of drug-likeness (QED) is 0.642. The molecule has 0 saturated carbocycles. The van der Waals surface area contributed by atoms with Gasteiger partial charge >= 0.3 is 0 Å². The third-order valence-electron chi connectivity index (χ3n) is 4.04. The molecule has 1 unspecified atom stereocenters. The first-order valence-corrected chi connectivity index (χ1v) is 10.5. The second-order valence-corrected chi connectivity index (χ2v) is 7.95. The van der Waals surface area contributed by atoms with E-state index in [0.29, 0.717) is 38.3 Å². The third-order valence-corrected chi connectivity index (χ3v) is 5.22. The van der Waals surface area contributed by atoms with Gasteiger partial charge in [-0.2, -0.15) is 0 Å². The molecule has 0 saturated heterocycles. The van der Waals surface area contributed by atoms with E-state index in [-0.39, 0.29) is 5.91 Å². The molecule has 0 heterocycles. The fourth-order valence-electron chi connectivity index (χ4n) is 2.57. The minimum atomic E-state index is -3.60. The number of carbonyl (C=O) groups is 1. The van der Waals surface area contributed by atoms with Crippen LogP contribution in [0.5, 0.6) is 0 Å². The summed E-state index contributed by atoms with van der Waals surface area (Å²) in [5.41, 5.74) is 2.57. The van der Waals surface area contributed by atoms with Crippen molar-refractivity contribution in [1.29, 1.82) is 0 Å². The molecular weight excluding hydrogens is 340 g/mol. The standard InChI is InChI=1S/C18H30N2O4S/c1-6-17(18(21)19-11-8-12-24-7-2)20(25(5,22)23)16-10-9-14(3)15(4)13-16/h9-10,13,17H,6-8,11-12H2,1-5H3,(H,19,21). The van der Waals surface area contributed by atoms with Gasteiger partial charge in [0.05, 0.1) is 11.9 Å². The normalized spacial score (nSPS) is 12.7. The lowest BCUT2D eigenvalue weighted by Gasteiger charge is -2.30. The smallest absolute Gasteiger partial charge is 0.243 e. The Labute approximate surface area is 151 Å². The maximum absolute atomic E-state index is 12.6. The molecule has 7 heteroatoms. The number of hydrogen-bond donors (Lipinski definition) is 1. The number of aryl methyl sites for hydroxylation is 2. The highest BCUT2D eigenvalue weighted by Crippen LogP contribution is 2.25. The van der Waals surface area contributed by atoms with Crippen molar-refractivity contribution in [1.82, 2.24) is 5.32 Å². The largest absolute Gasteiger partial charge is 0.382 e. The van der Waals surface area contributed by atoms with Gasteiger partial charge in [-0.25, -0.2) is 8.42 Å². The molecular formula is C18H30N2O4S. The van der Waals surface area contributed by atoms with Gasteiger partial charge in [-0.3, -0.25) is 9.10 Å². The summed E-state index contributed by atoms with van der Waals surface area (Å²) in [6.07, 6.45) is 2.21. The van der Waals surface area contributed by atoms with Crippen molar-refractivity contribution in [2.45, 2.75) is 46.6 Å². The molecule has 1 N–H and O–H groups in total.